The zero-order valence-electron chi connectivity index (χ0n) is 15.7. The van der Waals surface area contributed by atoms with Crippen LogP contribution in [0.3, 0.4) is 0 Å². The molecular formula is C22H21FN4O2. The molecule has 0 radical (unpaired) electrons. The van der Waals surface area contributed by atoms with Gasteiger partial charge in [0.15, 0.2) is 17.5 Å². The van der Waals surface area contributed by atoms with Gasteiger partial charge in [-0.05, 0) is 35.9 Å². The summed E-state index contributed by atoms with van der Waals surface area (Å²) in [5, 5.41) is 3.23. The second-order valence-corrected chi connectivity index (χ2v) is 6.63. The lowest BCUT2D eigenvalue weighted by molar-refractivity contribution is 0.262. The van der Waals surface area contributed by atoms with Crippen molar-refractivity contribution in [3.63, 3.8) is 0 Å². The van der Waals surface area contributed by atoms with Crippen LogP contribution < -0.4 is 20.5 Å². The van der Waals surface area contributed by atoms with Gasteiger partial charge < -0.3 is 20.5 Å². The highest BCUT2D eigenvalue weighted by molar-refractivity contribution is 5.78. The first kappa shape index (κ1) is 18.7. The summed E-state index contributed by atoms with van der Waals surface area (Å²) in [5.41, 5.74) is 7.80. The minimum Gasteiger partial charge on any atom is -0.493 e. The van der Waals surface area contributed by atoms with Crippen LogP contribution in [0.4, 0.5) is 4.39 Å². The van der Waals surface area contributed by atoms with Crippen LogP contribution in [-0.2, 0) is 6.54 Å². The molecule has 3 aromatic rings. The summed E-state index contributed by atoms with van der Waals surface area (Å²) < 4.78 is 25.5. The van der Waals surface area contributed by atoms with E-state index in [0.29, 0.717) is 23.9 Å². The number of benzene rings is 2. The Kier molecular flexibility index (Phi) is 5.56. The molecule has 4 rings (SSSR count). The lowest BCUT2D eigenvalue weighted by Gasteiger charge is -2.26. The second kappa shape index (κ2) is 8.60. The Labute approximate surface area is 168 Å². The first-order chi connectivity index (χ1) is 14.2. The molecule has 0 saturated carbocycles. The predicted molar refractivity (Wildman–Crippen MR) is 108 cm³/mol. The topological polar surface area (TPSA) is 81.8 Å². The van der Waals surface area contributed by atoms with Crippen LogP contribution in [0.15, 0.2) is 72.0 Å². The maximum absolute atomic E-state index is 14.3. The molecule has 0 saturated heterocycles. The van der Waals surface area contributed by atoms with Crippen molar-refractivity contribution in [2.45, 2.75) is 19.0 Å². The van der Waals surface area contributed by atoms with E-state index in [-0.39, 0.29) is 18.3 Å². The van der Waals surface area contributed by atoms with Crippen LogP contribution >= 0.6 is 0 Å². The Bertz CT molecular complexity index is 1010. The first-order valence-corrected chi connectivity index (χ1v) is 9.33. The van der Waals surface area contributed by atoms with Gasteiger partial charge in [-0.25, -0.2) is 9.38 Å². The molecule has 0 bridgehead atoms. The van der Waals surface area contributed by atoms with E-state index in [0.717, 1.165) is 17.7 Å². The SMILES string of the molecule is NC(=NCc1ccc(Oc2cccnc2)c(F)c1)NC1CCOc2ccccc21. The molecule has 148 valence electrons. The molecular weight excluding hydrogens is 371 g/mol. The van der Waals surface area contributed by atoms with E-state index >= 15 is 0 Å². The number of aliphatic imine (C=N–C) groups is 1. The number of hydrogen-bond acceptors (Lipinski definition) is 4. The molecule has 6 nitrogen and oxygen atoms in total. The number of aromatic nitrogens is 1. The van der Waals surface area contributed by atoms with Crippen LogP contribution in [0.25, 0.3) is 0 Å². The van der Waals surface area contributed by atoms with Gasteiger partial charge in [-0.15, -0.1) is 0 Å². The van der Waals surface area contributed by atoms with Crippen LogP contribution in [0.2, 0.25) is 0 Å². The standard InChI is InChI=1S/C22H21FN4O2/c23-18-12-15(7-8-21(18)29-16-4-3-10-25-14-16)13-26-22(24)27-19-9-11-28-20-6-2-1-5-17(19)20/h1-8,10,12,14,19H,9,11,13H2,(H3,24,26,27). The van der Waals surface area contributed by atoms with Gasteiger partial charge in [0, 0.05) is 18.2 Å². The number of halogens is 1. The van der Waals surface area contributed by atoms with Crippen molar-refractivity contribution in [3.05, 3.63) is 83.9 Å². The number of pyridine rings is 1. The zero-order chi connectivity index (χ0) is 20.1. The normalized spacial score (nSPS) is 15.9. The Hall–Kier alpha value is -3.61. The Morgan fingerprint density at radius 1 is 1.24 bits per heavy atom. The lowest BCUT2D eigenvalue weighted by atomic mass is 10.0. The van der Waals surface area contributed by atoms with E-state index < -0.39 is 5.82 Å². The average Bonchev–Trinajstić information content (AvgIpc) is 2.75. The predicted octanol–water partition coefficient (Wildman–Crippen LogP) is 3.94. The highest BCUT2D eigenvalue weighted by Crippen LogP contribution is 2.31. The van der Waals surface area contributed by atoms with E-state index in [9.17, 15) is 4.39 Å². The van der Waals surface area contributed by atoms with Crippen molar-refractivity contribution in [3.8, 4) is 17.2 Å². The summed E-state index contributed by atoms with van der Waals surface area (Å²) in [6.07, 6.45) is 3.95. The third kappa shape index (κ3) is 4.63. The highest BCUT2D eigenvalue weighted by atomic mass is 19.1. The summed E-state index contributed by atoms with van der Waals surface area (Å²) in [7, 11) is 0. The maximum Gasteiger partial charge on any atom is 0.189 e. The van der Waals surface area contributed by atoms with Gasteiger partial charge in [-0.2, -0.15) is 0 Å². The van der Waals surface area contributed by atoms with Crippen molar-refractivity contribution in [1.29, 1.82) is 0 Å². The van der Waals surface area contributed by atoms with Crippen molar-refractivity contribution in [2.24, 2.45) is 10.7 Å². The Morgan fingerprint density at radius 2 is 2.14 bits per heavy atom. The van der Waals surface area contributed by atoms with Gasteiger partial charge in [0.05, 0.1) is 25.4 Å². The van der Waals surface area contributed by atoms with Crippen molar-refractivity contribution >= 4 is 5.96 Å². The minimum absolute atomic E-state index is 0.0377. The van der Waals surface area contributed by atoms with E-state index in [1.54, 1.807) is 30.5 Å². The van der Waals surface area contributed by atoms with Crippen LogP contribution in [0, 0.1) is 5.82 Å². The number of nitrogens with one attached hydrogen (secondary N) is 1. The number of nitrogens with zero attached hydrogens (tertiary/aromatic N) is 2. The Balaban J connectivity index is 1.39. The summed E-state index contributed by atoms with van der Waals surface area (Å²) in [6.45, 7) is 0.874. The summed E-state index contributed by atoms with van der Waals surface area (Å²) in [6, 6.07) is 16.1. The molecule has 3 N–H and O–H groups in total. The van der Waals surface area contributed by atoms with Crippen molar-refractivity contribution < 1.29 is 13.9 Å². The molecule has 1 aliphatic heterocycles. The second-order valence-electron chi connectivity index (χ2n) is 6.63. The number of guanidine groups is 1. The molecule has 0 spiro atoms. The van der Waals surface area contributed by atoms with Gasteiger partial charge in [0.25, 0.3) is 0 Å². The average molecular weight is 392 g/mol. The molecule has 1 unspecified atom stereocenters. The van der Waals surface area contributed by atoms with Crippen LogP contribution in [0.5, 0.6) is 17.2 Å². The maximum atomic E-state index is 14.3. The molecule has 7 heteroatoms. The minimum atomic E-state index is -0.466. The van der Waals surface area contributed by atoms with Crippen LogP contribution in [-0.4, -0.2) is 17.6 Å². The molecule has 1 atom stereocenters. The summed E-state index contributed by atoms with van der Waals surface area (Å²) >= 11 is 0. The van der Waals surface area contributed by atoms with E-state index in [2.05, 4.69) is 15.3 Å². The number of fused-ring (bicyclic) bond motifs is 1. The molecule has 0 fully saturated rings. The largest absolute Gasteiger partial charge is 0.493 e. The molecule has 1 aliphatic rings. The van der Waals surface area contributed by atoms with Gasteiger partial charge in [-0.1, -0.05) is 24.3 Å². The van der Waals surface area contributed by atoms with E-state index in [1.807, 2.05) is 24.3 Å². The summed E-state index contributed by atoms with van der Waals surface area (Å²) in [4.78, 5) is 8.29. The molecule has 0 aliphatic carbocycles. The highest BCUT2D eigenvalue weighted by Gasteiger charge is 2.21. The number of para-hydroxylation sites is 1. The van der Waals surface area contributed by atoms with Gasteiger partial charge in [0.1, 0.15) is 11.5 Å². The Morgan fingerprint density at radius 3 is 2.97 bits per heavy atom. The fourth-order valence-corrected chi connectivity index (χ4v) is 3.15. The van der Waals surface area contributed by atoms with E-state index in [4.69, 9.17) is 15.2 Å². The zero-order valence-corrected chi connectivity index (χ0v) is 15.7. The summed E-state index contributed by atoms with van der Waals surface area (Å²) in [5.74, 6) is 1.31. The van der Waals surface area contributed by atoms with Crippen LogP contribution in [0.1, 0.15) is 23.6 Å². The van der Waals surface area contributed by atoms with Gasteiger partial charge in [0.2, 0.25) is 0 Å². The molecule has 1 aromatic heterocycles. The number of ether oxygens (including phenoxy) is 2. The quantitative estimate of drug-likeness (QED) is 0.508. The molecule has 2 heterocycles. The third-order valence-corrected chi connectivity index (χ3v) is 4.57. The molecule has 29 heavy (non-hydrogen) atoms. The van der Waals surface area contributed by atoms with Crippen molar-refractivity contribution in [2.75, 3.05) is 6.61 Å². The molecule has 0 amide bonds. The number of nitrogens with two attached hydrogens (primary N) is 1. The number of rotatable bonds is 5. The monoisotopic (exact) mass is 392 g/mol. The third-order valence-electron chi connectivity index (χ3n) is 4.57. The molecule has 2 aromatic carbocycles. The smallest absolute Gasteiger partial charge is 0.189 e. The van der Waals surface area contributed by atoms with E-state index in [1.165, 1.54) is 12.3 Å². The van der Waals surface area contributed by atoms with Gasteiger partial charge >= 0.3 is 0 Å². The lowest BCUT2D eigenvalue weighted by Crippen LogP contribution is -2.37. The fraction of sp³-hybridized carbons (Fsp3) is 0.182. The fourth-order valence-electron chi connectivity index (χ4n) is 3.15. The van der Waals surface area contributed by atoms with Crippen molar-refractivity contribution in [1.82, 2.24) is 10.3 Å². The first-order valence-electron chi connectivity index (χ1n) is 9.33. The number of hydrogen-bond donors (Lipinski definition) is 2. The van der Waals surface area contributed by atoms with Gasteiger partial charge in [-0.3, -0.25) is 4.98 Å².